The summed E-state index contributed by atoms with van der Waals surface area (Å²) < 4.78 is 7.57. The van der Waals surface area contributed by atoms with Gasteiger partial charge in [0.2, 0.25) is 5.91 Å². The molecular formula is C15H19N5O2. The van der Waals surface area contributed by atoms with Gasteiger partial charge in [-0.15, -0.1) is 0 Å². The Balaban J connectivity index is 1.56. The van der Waals surface area contributed by atoms with Gasteiger partial charge >= 0.3 is 0 Å². The number of carbonyl (C=O) groups is 1. The largest absolute Gasteiger partial charge is 0.374 e. The van der Waals surface area contributed by atoms with Gasteiger partial charge in [0.1, 0.15) is 12.7 Å². The highest BCUT2D eigenvalue weighted by Gasteiger charge is 2.21. The van der Waals surface area contributed by atoms with Crippen molar-refractivity contribution in [1.82, 2.24) is 19.7 Å². The number of primary amides is 1. The topological polar surface area (TPSA) is 86.3 Å². The fourth-order valence-corrected chi connectivity index (χ4v) is 2.60. The number of aromatic nitrogens is 3. The Kier molecular flexibility index (Phi) is 4.45. The average molecular weight is 301 g/mol. The molecule has 7 nitrogen and oxygen atoms in total. The summed E-state index contributed by atoms with van der Waals surface area (Å²) in [6.07, 6.45) is 3.34. The number of benzene rings is 1. The van der Waals surface area contributed by atoms with Crippen molar-refractivity contribution < 1.29 is 9.53 Å². The zero-order valence-electron chi connectivity index (χ0n) is 12.3. The fraction of sp³-hybridized carbons (Fsp3) is 0.400. The van der Waals surface area contributed by atoms with Crippen molar-refractivity contribution in [3.63, 3.8) is 0 Å². The molecule has 1 aliphatic heterocycles. The summed E-state index contributed by atoms with van der Waals surface area (Å²) in [6, 6.07) is 7.43. The number of hydrogen-bond donors (Lipinski definition) is 1. The smallest absolute Gasteiger partial charge is 0.248 e. The number of ether oxygens (including phenoxy) is 1. The summed E-state index contributed by atoms with van der Waals surface area (Å²) in [5.74, 6) is -0.397. The highest BCUT2D eigenvalue weighted by molar-refractivity contribution is 5.92. The first-order chi connectivity index (χ1) is 10.7. The first-order valence-corrected chi connectivity index (χ1v) is 7.26. The lowest BCUT2D eigenvalue weighted by molar-refractivity contribution is -0.0402. The molecule has 7 heteroatoms. The van der Waals surface area contributed by atoms with Crippen LogP contribution in [0.3, 0.4) is 0 Å². The number of carbonyl (C=O) groups excluding carboxylic acids is 1. The minimum absolute atomic E-state index is 0.111. The quantitative estimate of drug-likeness (QED) is 0.857. The van der Waals surface area contributed by atoms with E-state index in [0.717, 1.165) is 25.2 Å². The Hall–Kier alpha value is -2.25. The van der Waals surface area contributed by atoms with E-state index in [1.807, 2.05) is 12.1 Å². The van der Waals surface area contributed by atoms with E-state index in [9.17, 15) is 4.79 Å². The van der Waals surface area contributed by atoms with Crippen molar-refractivity contribution in [2.24, 2.45) is 5.73 Å². The van der Waals surface area contributed by atoms with E-state index in [-0.39, 0.29) is 6.10 Å². The van der Waals surface area contributed by atoms with Gasteiger partial charge in [-0.3, -0.25) is 14.4 Å². The molecule has 0 spiro atoms. The molecule has 1 aliphatic rings. The zero-order valence-corrected chi connectivity index (χ0v) is 12.3. The SMILES string of the molecule is NC(=O)c1ccc(CN2CCO[C@H](Cn3cncn3)C2)cc1. The normalized spacial score (nSPS) is 19.2. The van der Waals surface area contributed by atoms with Crippen molar-refractivity contribution >= 4 is 5.91 Å². The maximum Gasteiger partial charge on any atom is 0.248 e. The van der Waals surface area contributed by atoms with Crippen LogP contribution in [0.1, 0.15) is 15.9 Å². The van der Waals surface area contributed by atoms with E-state index < -0.39 is 5.91 Å². The molecule has 0 aliphatic carbocycles. The number of hydrogen-bond acceptors (Lipinski definition) is 5. The number of nitrogens with two attached hydrogens (primary N) is 1. The lowest BCUT2D eigenvalue weighted by atomic mass is 10.1. The third-order valence-corrected chi connectivity index (χ3v) is 3.72. The molecule has 2 heterocycles. The Bertz CT molecular complexity index is 611. The summed E-state index contributed by atoms with van der Waals surface area (Å²) in [5, 5.41) is 4.11. The Morgan fingerprint density at radius 1 is 1.36 bits per heavy atom. The van der Waals surface area contributed by atoms with Crippen LogP contribution in [0.4, 0.5) is 0 Å². The minimum atomic E-state index is -0.397. The van der Waals surface area contributed by atoms with Crippen molar-refractivity contribution in [3.8, 4) is 0 Å². The Labute approximate surface area is 128 Å². The molecule has 1 atom stereocenters. The number of rotatable bonds is 5. The first-order valence-electron chi connectivity index (χ1n) is 7.26. The zero-order chi connectivity index (χ0) is 15.4. The van der Waals surface area contributed by atoms with Crippen LogP contribution in [-0.4, -0.2) is 51.4 Å². The highest BCUT2D eigenvalue weighted by Crippen LogP contribution is 2.12. The van der Waals surface area contributed by atoms with Gasteiger partial charge in [0, 0.05) is 25.2 Å². The van der Waals surface area contributed by atoms with Crippen molar-refractivity contribution in [1.29, 1.82) is 0 Å². The maximum absolute atomic E-state index is 11.1. The summed E-state index contributed by atoms with van der Waals surface area (Å²) in [4.78, 5) is 17.4. The van der Waals surface area contributed by atoms with Crippen LogP contribution in [0.25, 0.3) is 0 Å². The van der Waals surface area contributed by atoms with E-state index in [1.54, 1.807) is 23.1 Å². The molecule has 1 aromatic heterocycles. The summed E-state index contributed by atoms with van der Waals surface area (Å²) in [6.45, 7) is 3.98. The van der Waals surface area contributed by atoms with Crippen LogP contribution < -0.4 is 5.73 Å². The summed E-state index contributed by atoms with van der Waals surface area (Å²) in [5.41, 5.74) is 6.95. The van der Waals surface area contributed by atoms with Crippen LogP contribution in [0.15, 0.2) is 36.9 Å². The maximum atomic E-state index is 11.1. The van der Waals surface area contributed by atoms with Gasteiger partial charge in [-0.25, -0.2) is 4.98 Å². The van der Waals surface area contributed by atoms with E-state index in [4.69, 9.17) is 10.5 Å². The van der Waals surface area contributed by atoms with Crippen LogP contribution in [0, 0.1) is 0 Å². The van der Waals surface area contributed by atoms with Gasteiger partial charge in [-0.2, -0.15) is 5.10 Å². The van der Waals surface area contributed by atoms with Crippen LogP contribution >= 0.6 is 0 Å². The lowest BCUT2D eigenvalue weighted by Gasteiger charge is -2.32. The van der Waals surface area contributed by atoms with Gasteiger partial charge in [0.15, 0.2) is 0 Å². The number of amides is 1. The molecule has 0 saturated carbocycles. The van der Waals surface area contributed by atoms with Crippen LogP contribution in [0.2, 0.25) is 0 Å². The van der Waals surface area contributed by atoms with Crippen molar-refractivity contribution in [2.45, 2.75) is 19.2 Å². The summed E-state index contributed by atoms with van der Waals surface area (Å²) >= 11 is 0. The van der Waals surface area contributed by atoms with Gasteiger partial charge in [0.05, 0.1) is 19.3 Å². The molecule has 116 valence electrons. The second kappa shape index (κ2) is 6.67. The predicted octanol–water partition coefficient (Wildman–Crippen LogP) is 0.278. The molecule has 0 bridgehead atoms. The van der Waals surface area contributed by atoms with Crippen molar-refractivity contribution in [2.75, 3.05) is 19.7 Å². The molecule has 2 N–H and O–H groups in total. The lowest BCUT2D eigenvalue weighted by Crippen LogP contribution is -2.43. The third-order valence-electron chi connectivity index (χ3n) is 3.72. The standard InChI is InChI=1S/C15H19N5O2/c16-15(21)13-3-1-12(2-4-13)7-19-5-6-22-14(8-19)9-20-11-17-10-18-20/h1-4,10-11,14H,5-9H2,(H2,16,21)/t14-/m0/s1. The number of morpholine rings is 1. The van der Waals surface area contributed by atoms with Crippen LogP contribution in [-0.2, 0) is 17.8 Å². The molecule has 2 aromatic rings. The van der Waals surface area contributed by atoms with Gasteiger partial charge in [0.25, 0.3) is 0 Å². The van der Waals surface area contributed by atoms with Gasteiger partial charge in [-0.1, -0.05) is 12.1 Å². The first kappa shape index (κ1) is 14.7. The second-order valence-electron chi connectivity index (χ2n) is 5.41. The second-order valence-corrected chi connectivity index (χ2v) is 5.41. The summed E-state index contributed by atoms with van der Waals surface area (Å²) in [7, 11) is 0. The van der Waals surface area contributed by atoms with Crippen LogP contribution in [0.5, 0.6) is 0 Å². The molecule has 3 rings (SSSR count). The molecule has 1 aromatic carbocycles. The molecule has 1 fully saturated rings. The third kappa shape index (κ3) is 3.69. The van der Waals surface area contributed by atoms with E-state index >= 15 is 0 Å². The van der Waals surface area contributed by atoms with Gasteiger partial charge < -0.3 is 10.5 Å². The molecule has 0 radical (unpaired) electrons. The number of nitrogens with zero attached hydrogens (tertiary/aromatic N) is 4. The van der Waals surface area contributed by atoms with E-state index in [1.165, 1.54) is 6.33 Å². The Morgan fingerprint density at radius 3 is 2.86 bits per heavy atom. The Morgan fingerprint density at radius 2 is 2.18 bits per heavy atom. The van der Waals surface area contributed by atoms with E-state index in [2.05, 4.69) is 15.0 Å². The predicted molar refractivity (Wildman–Crippen MR) is 80.0 cm³/mol. The van der Waals surface area contributed by atoms with Crippen molar-refractivity contribution in [3.05, 3.63) is 48.0 Å². The highest BCUT2D eigenvalue weighted by atomic mass is 16.5. The van der Waals surface area contributed by atoms with E-state index in [0.29, 0.717) is 18.7 Å². The van der Waals surface area contributed by atoms with Gasteiger partial charge in [-0.05, 0) is 17.7 Å². The molecule has 1 saturated heterocycles. The average Bonchev–Trinajstić information content (AvgIpc) is 3.01. The molecular weight excluding hydrogens is 282 g/mol. The molecule has 22 heavy (non-hydrogen) atoms. The monoisotopic (exact) mass is 301 g/mol. The molecule has 0 unspecified atom stereocenters. The molecule has 1 amide bonds. The fourth-order valence-electron chi connectivity index (χ4n) is 2.60. The minimum Gasteiger partial charge on any atom is -0.374 e.